The maximum absolute atomic E-state index is 12.3. The number of carboxylic acids is 1. The SMILES string of the molecule is CCCCCCO[C@H](OC(CO)[C@H](O)CO[C@@H]1OC(CO[C@]2(C(=O)O)C[C@@H](O)[C@@H](N)C([C@H](O)[C@H](O)CO)O2)[C@@H](O)C(O)C1C)[C@H](C)O. The molecular weight excluding hydrogens is 634 g/mol. The Bertz CT molecular complexity index is 903. The van der Waals surface area contributed by atoms with Gasteiger partial charge in [0.1, 0.15) is 48.8 Å². The number of nitrogens with two attached hydrogens (primary N) is 1. The van der Waals surface area contributed by atoms with Crippen LogP contribution in [0.2, 0.25) is 0 Å². The summed E-state index contributed by atoms with van der Waals surface area (Å²) in [5, 5.41) is 102. The zero-order chi connectivity index (χ0) is 35.5. The molecule has 0 saturated carbocycles. The Morgan fingerprint density at radius 3 is 2.28 bits per heavy atom. The lowest BCUT2D eigenvalue weighted by atomic mass is 9.89. The summed E-state index contributed by atoms with van der Waals surface area (Å²) in [6.07, 6.45) is -14.8. The minimum atomic E-state index is -2.65. The van der Waals surface area contributed by atoms with Gasteiger partial charge in [0.05, 0.1) is 44.7 Å². The molecule has 2 fully saturated rings. The first kappa shape index (κ1) is 42.0. The third-order valence-corrected chi connectivity index (χ3v) is 8.38. The maximum Gasteiger partial charge on any atom is 0.364 e. The molecule has 0 aromatic rings. The average molecular weight is 690 g/mol. The predicted octanol–water partition coefficient (Wildman–Crippen LogP) is -3.88. The van der Waals surface area contributed by atoms with Crippen LogP contribution in [-0.4, -0.2) is 176 Å². The van der Waals surface area contributed by atoms with Crippen LogP contribution in [0.25, 0.3) is 0 Å². The Balaban J connectivity index is 2.07. The zero-order valence-electron chi connectivity index (χ0n) is 27.1. The normalized spacial score (nSPS) is 35.5. The van der Waals surface area contributed by atoms with Crippen LogP contribution in [0.3, 0.4) is 0 Å². The predicted molar refractivity (Wildman–Crippen MR) is 158 cm³/mol. The third-order valence-electron chi connectivity index (χ3n) is 8.38. The molecule has 47 heavy (non-hydrogen) atoms. The van der Waals surface area contributed by atoms with Crippen molar-refractivity contribution in [2.75, 3.05) is 33.0 Å². The van der Waals surface area contributed by atoms with Gasteiger partial charge in [-0.2, -0.15) is 0 Å². The topological polar surface area (TPSA) is 301 Å². The lowest BCUT2D eigenvalue weighted by molar-refractivity contribution is -0.334. The van der Waals surface area contributed by atoms with Gasteiger partial charge >= 0.3 is 5.97 Å². The van der Waals surface area contributed by atoms with E-state index in [1.165, 1.54) is 13.8 Å². The molecule has 0 aromatic carbocycles. The third kappa shape index (κ3) is 11.4. The highest BCUT2D eigenvalue weighted by Gasteiger charge is 2.55. The van der Waals surface area contributed by atoms with E-state index in [-0.39, 0.29) is 0 Å². The lowest BCUT2D eigenvalue weighted by Gasteiger charge is -2.46. The number of hydrogen-bond acceptors (Lipinski definition) is 17. The molecular formula is C29H55NO17. The van der Waals surface area contributed by atoms with Crippen molar-refractivity contribution in [2.24, 2.45) is 11.7 Å². The Hall–Kier alpha value is -1.17. The number of unbranched alkanes of at least 4 members (excludes halogenated alkanes) is 3. The molecule has 0 radical (unpaired) electrons. The zero-order valence-corrected chi connectivity index (χ0v) is 27.1. The summed E-state index contributed by atoms with van der Waals surface area (Å²) in [5.74, 6) is -5.27. The van der Waals surface area contributed by atoms with Crippen molar-refractivity contribution in [3.63, 3.8) is 0 Å². The molecule has 0 bridgehead atoms. The number of aliphatic hydroxyl groups excluding tert-OH is 9. The maximum atomic E-state index is 12.3. The first-order chi connectivity index (χ1) is 22.1. The number of hydrogen-bond donors (Lipinski definition) is 11. The van der Waals surface area contributed by atoms with Crippen molar-refractivity contribution in [1.82, 2.24) is 0 Å². The van der Waals surface area contributed by atoms with Gasteiger partial charge in [-0.25, -0.2) is 4.79 Å². The van der Waals surface area contributed by atoms with E-state index >= 15 is 0 Å². The van der Waals surface area contributed by atoms with Crippen LogP contribution in [-0.2, 0) is 33.2 Å². The van der Waals surface area contributed by atoms with Crippen molar-refractivity contribution in [3.8, 4) is 0 Å². The minimum Gasteiger partial charge on any atom is -0.477 e. The molecule has 0 aliphatic carbocycles. The number of aliphatic hydroxyl groups is 9. The molecule has 2 rings (SSSR count). The van der Waals surface area contributed by atoms with E-state index in [9.17, 15) is 55.9 Å². The summed E-state index contributed by atoms with van der Waals surface area (Å²) in [6.45, 7) is 2.44. The van der Waals surface area contributed by atoms with E-state index in [0.717, 1.165) is 25.7 Å². The van der Waals surface area contributed by atoms with Gasteiger partial charge in [-0.15, -0.1) is 0 Å². The Kier molecular flexibility index (Phi) is 17.8. The van der Waals surface area contributed by atoms with Gasteiger partial charge in [-0.1, -0.05) is 33.1 Å². The average Bonchev–Trinajstić information content (AvgIpc) is 3.04. The molecule has 15 atom stereocenters. The molecule has 2 heterocycles. The first-order valence-corrected chi connectivity index (χ1v) is 16.0. The van der Waals surface area contributed by atoms with E-state index in [2.05, 4.69) is 6.92 Å². The van der Waals surface area contributed by atoms with E-state index in [0.29, 0.717) is 6.61 Å². The fourth-order valence-electron chi connectivity index (χ4n) is 5.26. The van der Waals surface area contributed by atoms with Crippen LogP contribution in [0.5, 0.6) is 0 Å². The van der Waals surface area contributed by atoms with Gasteiger partial charge in [0.15, 0.2) is 12.6 Å². The summed E-state index contributed by atoms with van der Waals surface area (Å²) in [5.41, 5.74) is 5.86. The molecule has 0 spiro atoms. The number of rotatable bonds is 21. The molecule has 2 aliphatic heterocycles. The van der Waals surface area contributed by atoms with Gasteiger partial charge in [0.2, 0.25) is 0 Å². The Morgan fingerprint density at radius 1 is 1.02 bits per heavy atom. The van der Waals surface area contributed by atoms with Crippen LogP contribution >= 0.6 is 0 Å². The Morgan fingerprint density at radius 2 is 1.70 bits per heavy atom. The molecule has 0 aromatic heterocycles. The van der Waals surface area contributed by atoms with Gasteiger partial charge in [0.25, 0.3) is 5.79 Å². The summed E-state index contributed by atoms with van der Waals surface area (Å²) in [7, 11) is 0. The summed E-state index contributed by atoms with van der Waals surface area (Å²) in [4.78, 5) is 12.3. The molecule has 2 saturated heterocycles. The van der Waals surface area contributed by atoms with E-state index < -0.39 is 130 Å². The second kappa shape index (κ2) is 19.9. The quantitative estimate of drug-likeness (QED) is 0.0405. The first-order valence-electron chi connectivity index (χ1n) is 16.0. The van der Waals surface area contributed by atoms with Crippen molar-refractivity contribution < 1.29 is 84.3 Å². The largest absolute Gasteiger partial charge is 0.477 e. The van der Waals surface area contributed by atoms with Crippen molar-refractivity contribution in [1.29, 1.82) is 0 Å². The summed E-state index contributed by atoms with van der Waals surface area (Å²) in [6, 6.07) is -1.37. The van der Waals surface area contributed by atoms with Crippen LogP contribution in [0.15, 0.2) is 0 Å². The fourth-order valence-corrected chi connectivity index (χ4v) is 5.26. The second-order valence-electron chi connectivity index (χ2n) is 12.2. The van der Waals surface area contributed by atoms with Crippen LogP contribution in [0, 0.1) is 5.92 Å². The van der Waals surface area contributed by atoms with E-state index in [1.54, 1.807) is 0 Å². The van der Waals surface area contributed by atoms with Gasteiger partial charge < -0.3 is 85.2 Å². The minimum absolute atomic E-state index is 0.295. The van der Waals surface area contributed by atoms with E-state index in [1.807, 2.05) is 0 Å². The smallest absolute Gasteiger partial charge is 0.364 e. The molecule has 2 aliphatic rings. The highest BCUT2D eigenvalue weighted by Crippen LogP contribution is 2.34. The molecule has 18 heteroatoms. The van der Waals surface area contributed by atoms with Gasteiger partial charge in [0, 0.05) is 18.9 Å². The number of carbonyl (C=O) groups is 1. The van der Waals surface area contributed by atoms with Crippen LogP contribution in [0.1, 0.15) is 52.9 Å². The number of ether oxygens (including phenoxy) is 6. The molecule has 5 unspecified atom stereocenters. The number of carboxylic acid groups (broad SMARTS) is 1. The Labute approximate surface area is 273 Å². The molecule has 18 nitrogen and oxygen atoms in total. The second-order valence-corrected chi connectivity index (χ2v) is 12.2. The van der Waals surface area contributed by atoms with Crippen LogP contribution in [0.4, 0.5) is 0 Å². The fraction of sp³-hybridized carbons (Fsp3) is 0.966. The van der Waals surface area contributed by atoms with Crippen molar-refractivity contribution >= 4 is 5.97 Å². The molecule has 12 N–H and O–H groups in total. The van der Waals surface area contributed by atoms with Crippen molar-refractivity contribution in [3.05, 3.63) is 0 Å². The standard InChI is InChI=1S/C29H55NO17/c1-4-5-6-7-8-42-27(15(3)33)45-19(11-32)18(36)12-43-26-14(2)22(37)24(39)20(46-26)13-44-29(28(40)41)9-16(34)21(30)25(47-29)23(38)17(35)10-31/h14-27,31-39H,4-13,30H2,1-3H3,(H,40,41)/t14?,15-,16+,17+,18+,19?,20?,21+,22?,23+,24+,25?,26+,27+,29+/m0/s1. The van der Waals surface area contributed by atoms with E-state index in [4.69, 9.17) is 34.2 Å². The molecule has 0 amide bonds. The van der Waals surface area contributed by atoms with Gasteiger partial charge in [-0.3, -0.25) is 0 Å². The highest BCUT2D eigenvalue weighted by molar-refractivity contribution is 5.76. The highest BCUT2D eigenvalue weighted by atomic mass is 16.7. The van der Waals surface area contributed by atoms with Gasteiger partial charge in [-0.05, 0) is 13.3 Å². The van der Waals surface area contributed by atoms with Crippen LogP contribution < -0.4 is 5.73 Å². The number of aliphatic carboxylic acids is 1. The lowest BCUT2D eigenvalue weighted by Crippen LogP contribution is -2.67. The summed E-state index contributed by atoms with van der Waals surface area (Å²) < 4.78 is 33.6. The molecule has 278 valence electrons. The summed E-state index contributed by atoms with van der Waals surface area (Å²) >= 11 is 0. The monoisotopic (exact) mass is 689 g/mol. The van der Waals surface area contributed by atoms with Crippen molar-refractivity contribution in [2.45, 2.75) is 138 Å².